The second-order valence-electron chi connectivity index (χ2n) is 3.55. The summed E-state index contributed by atoms with van der Waals surface area (Å²) < 4.78 is 0. The summed E-state index contributed by atoms with van der Waals surface area (Å²) in [5.41, 5.74) is 1.25. The van der Waals surface area contributed by atoms with Crippen LogP contribution in [-0.4, -0.2) is 15.9 Å². The van der Waals surface area contributed by atoms with Crippen molar-refractivity contribution in [1.29, 1.82) is 0 Å². The summed E-state index contributed by atoms with van der Waals surface area (Å²) in [6.45, 7) is 2.27. The molecular formula is C11H9Cl2N3OS. The lowest BCUT2D eigenvalue weighted by atomic mass is 10.2. The van der Waals surface area contributed by atoms with Gasteiger partial charge < -0.3 is 5.32 Å². The molecule has 0 aliphatic heterocycles. The maximum atomic E-state index is 11.9. The molecule has 2 heterocycles. The van der Waals surface area contributed by atoms with Crippen LogP contribution in [-0.2, 0) is 6.54 Å². The van der Waals surface area contributed by atoms with Crippen LogP contribution < -0.4 is 5.32 Å². The minimum absolute atomic E-state index is 0.231. The molecule has 7 heteroatoms. The van der Waals surface area contributed by atoms with Crippen molar-refractivity contribution in [1.82, 2.24) is 15.3 Å². The third-order valence-electron chi connectivity index (χ3n) is 2.13. The smallest absolute Gasteiger partial charge is 0.253 e. The van der Waals surface area contributed by atoms with Gasteiger partial charge in [0, 0.05) is 17.3 Å². The molecule has 4 nitrogen and oxygen atoms in total. The van der Waals surface area contributed by atoms with Gasteiger partial charge in [0.15, 0.2) is 0 Å². The van der Waals surface area contributed by atoms with Gasteiger partial charge in [-0.15, -0.1) is 11.3 Å². The zero-order valence-electron chi connectivity index (χ0n) is 9.41. The van der Waals surface area contributed by atoms with Gasteiger partial charge in [0.1, 0.15) is 10.2 Å². The molecule has 0 saturated carbocycles. The fourth-order valence-corrected chi connectivity index (χ4v) is 2.38. The van der Waals surface area contributed by atoms with Gasteiger partial charge in [-0.25, -0.2) is 9.97 Å². The number of rotatable bonds is 3. The van der Waals surface area contributed by atoms with Crippen LogP contribution in [0.3, 0.4) is 0 Å². The lowest BCUT2D eigenvalue weighted by Gasteiger charge is -2.05. The number of pyridine rings is 1. The number of amides is 1. The van der Waals surface area contributed by atoms with Crippen molar-refractivity contribution < 1.29 is 4.79 Å². The Morgan fingerprint density at radius 3 is 2.94 bits per heavy atom. The number of hydrogen-bond donors (Lipinski definition) is 1. The largest absolute Gasteiger partial charge is 0.345 e. The number of thiazole rings is 1. The van der Waals surface area contributed by atoms with Gasteiger partial charge in [-0.2, -0.15) is 0 Å². The first kappa shape index (κ1) is 13.3. The van der Waals surface area contributed by atoms with Gasteiger partial charge in [0.25, 0.3) is 5.91 Å². The highest BCUT2D eigenvalue weighted by Gasteiger charge is 2.12. The summed E-state index contributed by atoms with van der Waals surface area (Å²) in [7, 11) is 0. The van der Waals surface area contributed by atoms with Crippen molar-refractivity contribution in [2.75, 3.05) is 0 Å². The molecule has 2 aromatic rings. The number of aromatic nitrogens is 2. The summed E-state index contributed by atoms with van der Waals surface area (Å²) in [5.74, 6) is -0.294. The average Bonchev–Trinajstić information content (AvgIpc) is 2.75. The lowest BCUT2D eigenvalue weighted by Crippen LogP contribution is -2.23. The van der Waals surface area contributed by atoms with E-state index in [9.17, 15) is 4.79 Å². The van der Waals surface area contributed by atoms with Crippen LogP contribution >= 0.6 is 34.5 Å². The maximum absolute atomic E-state index is 11.9. The van der Waals surface area contributed by atoms with E-state index in [-0.39, 0.29) is 16.1 Å². The molecule has 0 fully saturated rings. The van der Waals surface area contributed by atoms with E-state index < -0.39 is 0 Å². The topological polar surface area (TPSA) is 54.9 Å². The number of hydrogen-bond acceptors (Lipinski definition) is 4. The molecule has 1 N–H and O–H groups in total. The van der Waals surface area contributed by atoms with Crippen LogP contribution in [0.1, 0.15) is 21.1 Å². The van der Waals surface area contributed by atoms with Crippen LogP contribution in [0.2, 0.25) is 10.2 Å². The van der Waals surface area contributed by atoms with Crippen LogP contribution in [0.5, 0.6) is 0 Å². The van der Waals surface area contributed by atoms with Crippen LogP contribution in [0.15, 0.2) is 17.6 Å². The van der Waals surface area contributed by atoms with Crippen LogP contribution in [0.4, 0.5) is 0 Å². The van der Waals surface area contributed by atoms with E-state index in [0.29, 0.717) is 12.1 Å². The zero-order chi connectivity index (χ0) is 13.1. The summed E-state index contributed by atoms with van der Waals surface area (Å²) in [4.78, 5) is 19.9. The fourth-order valence-electron chi connectivity index (χ4n) is 1.32. The second kappa shape index (κ2) is 5.65. The number of aryl methyl sites for hydroxylation is 1. The van der Waals surface area contributed by atoms with E-state index in [0.717, 1.165) is 10.7 Å². The van der Waals surface area contributed by atoms with Crippen molar-refractivity contribution in [3.05, 3.63) is 44.1 Å². The highest BCUT2D eigenvalue weighted by molar-refractivity contribution is 7.09. The fraction of sp³-hybridized carbons (Fsp3) is 0.182. The number of nitrogens with zero attached hydrogens (tertiary/aromatic N) is 2. The quantitative estimate of drug-likeness (QED) is 0.886. The molecule has 0 saturated heterocycles. The van der Waals surface area contributed by atoms with E-state index in [1.807, 2.05) is 12.3 Å². The highest BCUT2D eigenvalue weighted by atomic mass is 35.5. The van der Waals surface area contributed by atoms with Gasteiger partial charge in [0.05, 0.1) is 17.1 Å². The maximum Gasteiger partial charge on any atom is 0.253 e. The van der Waals surface area contributed by atoms with Gasteiger partial charge in [0.2, 0.25) is 0 Å². The Morgan fingerprint density at radius 1 is 1.50 bits per heavy atom. The minimum atomic E-state index is -0.294. The molecule has 0 aliphatic carbocycles. The Bertz CT molecular complexity index is 585. The molecule has 0 spiro atoms. The van der Waals surface area contributed by atoms with Crippen LogP contribution in [0, 0.1) is 6.92 Å². The molecule has 0 atom stereocenters. The first-order valence-corrected chi connectivity index (χ1v) is 6.70. The molecular weight excluding hydrogens is 293 g/mol. The molecule has 0 unspecified atom stereocenters. The Labute approximate surface area is 118 Å². The Morgan fingerprint density at radius 2 is 2.28 bits per heavy atom. The second-order valence-corrected chi connectivity index (χ2v) is 5.29. The first-order valence-electron chi connectivity index (χ1n) is 5.06. The van der Waals surface area contributed by atoms with Crippen molar-refractivity contribution in [3.63, 3.8) is 0 Å². The van der Waals surface area contributed by atoms with Gasteiger partial charge in [-0.3, -0.25) is 4.79 Å². The van der Waals surface area contributed by atoms with Gasteiger partial charge >= 0.3 is 0 Å². The Balaban J connectivity index is 2.05. The van der Waals surface area contributed by atoms with Crippen molar-refractivity contribution in [3.8, 4) is 0 Å². The molecule has 1 amide bonds. The summed E-state index contributed by atoms with van der Waals surface area (Å²) in [6, 6.07) is 1.44. The number of carbonyl (C=O) groups excluding carboxylic acids is 1. The Kier molecular flexibility index (Phi) is 4.16. The van der Waals surface area contributed by atoms with Crippen molar-refractivity contribution >= 4 is 40.4 Å². The number of halogens is 2. The molecule has 0 aromatic carbocycles. The molecule has 2 rings (SSSR count). The minimum Gasteiger partial charge on any atom is -0.345 e. The predicted molar refractivity (Wildman–Crippen MR) is 72.3 cm³/mol. The Hall–Kier alpha value is -1.17. The zero-order valence-corrected chi connectivity index (χ0v) is 11.7. The predicted octanol–water partition coefficient (Wildman–Crippen LogP) is 3.08. The summed E-state index contributed by atoms with van der Waals surface area (Å²) in [6.07, 6.45) is 1.35. The SMILES string of the molecule is Cc1csc(CNC(=O)c2cc(Cl)ncc2Cl)n1. The van der Waals surface area contributed by atoms with Crippen molar-refractivity contribution in [2.24, 2.45) is 0 Å². The molecule has 18 heavy (non-hydrogen) atoms. The summed E-state index contributed by atoms with van der Waals surface area (Å²) in [5, 5.41) is 6.01. The third-order valence-corrected chi connectivity index (χ3v) is 3.61. The highest BCUT2D eigenvalue weighted by Crippen LogP contribution is 2.18. The molecule has 0 radical (unpaired) electrons. The van der Waals surface area contributed by atoms with Gasteiger partial charge in [-0.1, -0.05) is 23.2 Å². The average molecular weight is 302 g/mol. The molecule has 94 valence electrons. The molecule has 0 aliphatic rings. The number of carbonyl (C=O) groups is 1. The standard InChI is InChI=1S/C11H9Cl2N3OS/c1-6-5-18-10(16-6)4-15-11(17)7-2-9(13)14-3-8(7)12/h2-3,5H,4H2,1H3,(H,15,17). The number of nitrogens with one attached hydrogen (secondary N) is 1. The summed E-state index contributed by atoms with van der Waals surface area (Å²) >= 11 is 13.1. The van der Waals surface area contributed by atoms with E-state index >= 15 is 0 Å². The third kappa shape index (κ3) is 3.19. The van der Waals surface area contributed by atoms with Crippen LogP contribution in [0.25, 0.3) is 0 Å². The van der Waals surface area contributed by atoms with Gasteiger partial charge in [-0.05, 0) is 13.0 Å². The van der Waals surface area contributed by atoms with E-state index in [4.69, 9.17) is 23.2 Å². The molecule has 0 bridgehead atoms. The monoisotopic (exact) mass is 301 g/mol. The first-order chi connectivity index (χ1) is 8.56. The van der Waals surface area contributed by atoms with E-state index in [2.05, 4.69) is 15.3 Å². The lowest BCUT2D eigenvalue weighted by molar-refractivity contribution is 0.0951. The van der Waals surface area contributed by atoms with Crippen molar-refractivity contribution in [2.45, 2.75) is 13.5 Å². The molecule has 2 aromatic heterocycles. The van der Waals surface area contributed by atoms with E-state index in [1.54, 1.807) is 0 Å². The normalized spacial score (nSPS) is 10.4. The van der Waals surface area contributed by atoms with E-state index in [1.165, 1.54) is 23.6 Å².